The lowest BCUT2D eigenvalue weighted by Crippen LogP contribution is -2.43. The van der Waals surface area contributed by atoms with Crippen molar-refractivity contribution in [2.24, 2.45) is 5.73 Å². The van der Waals surface area contributed by atoms with Crippen molar-refractivity contribution in [2.75, 3.05) is 14.1 Å². The highest BCUT2D eigenvalue weighted by Gasteiger charge is 2.27. The highest BCUT2D eigenvalue weighted by atomic mass is 16.5. The van der Waals surface area contributed by atoms with E-state index in [1.807, 2.05) is 52.2 Å². The molecule has 0 heterocycles. The summed E-state index contributed by atoms with van der Waals surface area (Å²) in [5.41, 5.74) is 6.60. The van der Waals surface area contributed by atoms with Crippen LogP contribution >= 0.6 is 0 Å². The summed E-state index contributed by atoms with van der Waals surface area (Å²) in [6.45, 7) is 3.91. The van der Waals surface area contributed by atoms with Crippen molar-refractivity contribution in [1.82, 2.24) is 4.90 Å². The Morgan fingerprint density at radius 1 is 1.26 bits per heavy atom. The van der Waals surface area contributed by atoms with Crippen molar-refractivity contribution >= 4 is 5.97 Å². The molecule has 0 amide bonds. The molecule has 5 nitrogen and oxygen atoms in total. The number of nitrogens with zero attached hydrogens (tertiary/aromatic N) is 1. The quantitative estimate of drug-likeness (QED) is 0.816. The second-order valence-electron chi connectivity index (χ2n) is 5.01. The van der Waals surface area contributed by atoms with Gasteiger partial charge in [-0.25, -0.2) is 0 Å². The molecule has 0 spiro atoms. The molecule has 0 aliphatic rings. The molecule has 2 atom stereocenters. The first-order valence-corrected chi connectivity index (χ1v) is 6.24. The van der Waals surface area contributed by atoms with E-state index in [1.54, 1.807) is 4.90 Å². The van der Waals surface area contributed by atoms with Crippen LogP contribution in [-0.4, -0.2) is 42.2 Å². The van der Waals surface area contributed by atoms with Crippen LogP contribution in [0.1, 0.15) is 25.5 Å². The second kappa shape index (κ2) is 6.54. The first kappa shape index (κ1) is 15.5. The van der Waals surface area contributed by atoms with E-state index in [9.17, 15) is 4.79 Å². The molecule has 0 radical (unpaired) electrons. The highest BCUT2D eigenvalue weighted by molar-refractivity contribution is 5.74. The lowest BCUT2D eigenvalue weighted by Gasteiger charge is -2.28. The Hall–Kier alpha value is -1.59. The van der Waals surface area contributed by atoms with Gasteiger partial charge in [-0.15, -0.1) is 0 Å². The number of carboxylic acid groups (broad SMARTS) is 1. The van der Waals surface area contributed by atoms with Crippen LogP contribution in [0.4, 0.5) is 0 Å². The van der Waals surface area contributed by atoms with Crippen molar-refractivity contribution in [3.05, 3.63) is 29.8 Å². The minimum Gasteiger partial charge on any atom is -0.491 e. The molecular weight excluding hydrogens is 244 g/mol. The fourth-order valence-corrected chi connectivity index (χ4v) is 1.98. The van der Waals surface area contributed by atoms with Crippen LogP contribution in [0.3, 0.4) is 0 Å². The minimum atomic E-state index is -1.01. The Morgan fingerprint density at radius 2 is 1.79 bits per heavy atom. The number of hydrogen-bond donors (Lipinski definition) is 2. The van der Waals surface area contributed by atoms with Crippen molar-refractivity contribution in [3.63, 3.8) is 0 Å². The third-order valence-corrected chi connectivity index (χ3v) is 2.78. The summed E-state index contributed by atoms with van der Waals surface area (Å²) in [4.78, 5) is 12.9. The SMILES string of the molecule is CC(C)Oc1ccc(C(C(N)C(=O)O)N(C)C)cc1. The van der Waals surface area contributed by atoms with Crippen LogP contribution in [-0.2, 0) is 4.79 Å². The standard InChI is InChI=1S/C14H22N2O3/c1-9(2)19-11-7-5-10(6-8-11)13(16(3)4)12(15)14(17)18/h5-9,12-13H,15H2,1-4H3,(H,17,18). The second-order valence-corrected chi connectivity index (χ2v) is 5.01. The molecule has 2 unspecified atom stereocenters. The van der Waals surface area contributed by atoms with Gasteiger partial charge in [0.15, 0.2) is 0 Å². The van der Waals surface area contributed by atoms with Gasteiger partial charge in [-0.3, -0.25) is 4.79 Å². The van der Waals surface area contributed by atoms with Crippen molar-refractivity contribution < 1.29 is 14.6 Å². The van der Waals surface area contributed by atoms with Crippen LogP contribution in [0.5, 0.6) is 5.75 Å². The lowest BCUT2D eigenvalue weighted by molar-refractivity contribution is -0.140. The normalized spacial score (nSPS) is 14.5. The molecule has 0 aliphatic carbocycles. The molecule has 0 saturated carbocycles. The third-order valence-electron chi connectivity index (χ3n) is 2.78. The van der Waals surface area contributed by atoms with Gasteiger partial charge >= 0.3 is 5.97 Å². The molecule has 1 rings (SSSR count). The van der Waals surface area contributed by atoms with Crippen LogP contribution in [0.15, 0.2) is 24.3 Å². The van der Waals surface area contributed by atoms with Gasteiger partial charge in [0, 0.05) is 0 Å². The number of hydrogen-bond acceptors (Lipinski definition) is 4. The third kappa shape index (κ3) is 4.22. The molecule has 3 N–H and O–H groups in total. The fourth-order valence-electron chi connectivity index (χ4n) is 1.98. The molecular formula is C14H22N2O3. The van der Waals surface area contributed by atoms with Gasteiger partial charge in [0.25, 0.3) is 0 Å². The zero-order valence-corrected chi connectivity index (χ0v) is 11.8. The number of benzene rings is 1. The van der Waals surface area contributed by atoms with Gasteiger partial charge in [0.1, 0.15) is 11.8 Å². The molecule has 19 heavy (non-hydrogen) atoms. The van der Waals surface area contributed by atoms with Gasteiger partial charge < -0.3 is 20.5 Å². The average molecular weight is 266 g/mol. The highest BCUT2D eigenvalue weighted by Crippen LogP contribution is 2.24. The van der Waals surface area contributed by atoms with Gasteiger partial charge in [0.2, 0.25) is 0 Å². The van der Waals surface area contributed by atoms with Crippen LogP contribution in [0.25, 0.3) is 0 Å². The summed E-state index contributed by atoms with van der Waals surface area (Å²) in [6.07, 6.45) is 0.108. The van der Waals surface area contributed by atoms with E-state index in [1.165, 1.54) is 0 Å². The Labute approximate surface area is 114 Å². The maximum Gasteiger partial charge on any atom is 0.322 e. The van der Waals surface area contributed by atoms with Crippen molar-refractivity contribution in [3.8, 4) is 5.75 Å². The predicted octanol–water partition coefficient (Wildman–Crippen LogP) is 1.49. The van der Waals surface area contributed by atoms with E-state index in [2.05, 4.69) is 0 Å². The Bertz CT molecular complexity index is 415. The zero-order chi connectivity index (χ0) is 14.6. The van der Waals surface area contributed by atoms with E-state index in [4.69, 9.17) is 15.6 Å². The smallest absolute Gasteiger partial charge is 0.322 e. The zero-order valence-electron chi connectivity index (χ0n) is 11.8. The van der Waals surface area contributed by atoms with Gasteiger partial charge in [-0.2, -0.15) is 0 Å². The van der Waals surface area contributed by atoms with Crippen LogP contribution in [0.2, 0.25) is 0 Å². The number of ether oxygens (including phenoxy) is 1. The summed E-state index contributed by atoms with van der Waals surface area (Å²) in [7, 11) is 3.62. The Kier molecular flexibility index (Phi) is 5.32. The van der Waals surface area contributed by atoms with Gasteiger partial charge in [-0.1, -0.05) is 12.1 Å². The minimum absolute atomic E-state index is 0.108. The summed E-state index contributed by atoms with van der Waals surface area (Å²) in [5.74, 6) is -0.249. The molecule has 1 aromatic rings. The van der Waals surface area contributed by atoms with E-state index in [0.29, 0.717) is 0 Å². The van der Waals surface area contributed by atoms with E-state index in [-0.39, 0.29) is 12.1 Å². The number of nitrogens with two attached hydrogens (primary N) is 1. The number of carboxylic acids is 1. The monoisotopic (exact) mass is 266 g/mol. The fraction of sp³-hybridized carbons (Fsp3) is 0.500. The first-order chi connectivity index (χ1) is 8.82. The molecule has 0 fully saturated rings. The predicted molar refractivity (Wildman–Crippen MR) is 74.2 cm³/mol. The summed E-state index contributed by atoms with van der Waals surface area (Å²) < 4.78 is 5.56. The Morgan fingerprint density at radius 3 is 2.16 bits per heavy atom. The summed E-state index contributed by atoms with van der Waals surface area (Å²) >= 11 is 0. The number of likely N-dealkylation sites (N-methyl/N-ethyl adjacent to an activating group) is 1. The summed E-state index contributed by atoms with van der Waals surface area (Å²) in [5, 5.41) is 9.06. The van der Waals surface area contributed by atoms with Crippen molar-refractivity contribution in [1.29, 1.82) is 0 Å². The Balaban J connectivity index is 2.95. The van der Waals surface area contributed by atoms with E-state index < -0.39 is 12.0 Å². The van der Waals surface area contributed by atoms with E-state index >= 15 is 0 Å². The molecule has 0 saturated heterocycles. The summed E-state index contributed by atoms with van der Waals surface area (Å²) in [6, 6.07) is 6.04. The topological polar surface area (TPSA) is 75.8 Å². The molecule has 1 aromatic carbocycles. The number of rotatable bonds is 6. The number of aliphatic carboxylic acids is 1. The lowest BCUT2D eigenvalue weighted by atomic mass is 9.99. The van der Waals surface area contributed by atoms with Crippen LogP contribution < -0.4 is 10.5 Å². The van der Waals surface area contributed by atoms with E-state index in [0.717, 1.165) is 11.3 Å². The maximum absolute atomic E-state index is 11.1. The maximum atomic E-state index is 11.1. The number of carbonyl (C=O) groups is 1. The molecule has 0 aromatic heterocycles. The molecule has 0 bridgehead atoms. The molecule has 0 aliphatic heterocycles. The van der Waals surface area contributed by atoms with Crippen molar-refractivity contribution in [2.45, 2.75) is 32.0 Å². The molecule has 5 heteroatoms. The largest absolute Gasteiger partial charge is 0.491 e. The van der Waals surface area contributed by atoms with Gasteiger partial charge in [-0.05, 0) is 45.6 Å². The first-order valence-electron chi connectivity index (χ1n) is 6.24. The average Bonchev–Trinajstić information content (AvgIpc) is 2.30. The van der Waals surface area contributed by atoms with Crippen LogP contribution in [0, 0.1) is 0 Å². The molecule has 106 valence electrons. The van der Waals surface area contributed by atoms with Gasteiger partial charge in [0.05, 0.1) is 12.1 Å².